The monoisotopic (exact) mass is 186 g/mol. The number of carboxylic acids is 2. The van der Waals surface area contributed by atoms with E-state index in [4.69, 9.17) is 0 Å². The zero-order chi connectivity index (χ0) is 7.98. The molecule has 0 aromatic carbocycles. The van der Waals surface area contributed by atoms with Crippen molar-refractivity contribution in [2.45, 2.75) is 0 Å². The van der Waals surface area contributed by atoms with Crippen molar-refractivity contribution in [1.82, 2.24) is 0 Å². The summed E-state index contributed by atoms with van der Waals surface area (Å²) in [7, 11) is 0. The fourth-order valence-corrected chi connectivity index (χ4v) is 0.268. The fourth-order valence-electron chi connectivity index (χ4n) is 0.268. The van der Waals surface area contributed by atoms with Crippen LogP contribution in [0.2, 0.25) is 0 Å². The number of rotatable bonds is 3. The van der Waals surface area contributed by atoms with E-state index in [0.29, 0.717) is 12.2 Å². The molecule has 0 N–H and O–H groups in total. The predicted octanol–water partition coefficient (Wildman–Crippen LogP) is -8.39. The topological polar surface area (TPSA) is 80.3 Å². The van der Waals surface area contributed by atoms with Crippen molar-refractivity contribution in [1.29, 1.82) is 0 Å². The number of carbonyl (C=O) groups is 2. The van der Waals surface area contributed by atoms with Crippen LogP contribution in [0.4, 0.5) is 0 Å². The predicted molar refractivity (Wildman–Crippen MR) is 28.3 cm³/mol. The van der Waals surface area contributed by atoms with Crippen LogP contribution in [0.15, 0.2) is 24.3 Å². The van der Waals surface area contributed by atoms with Crippen LogP contribution in [0.25, 0.3) is 0 Å². The quantitative estimate of drug-likeness (QED) is 0.249. The second-order valence-electron chi connectivity index (χ2n) is 1.36. The van der Waals surface area contributed by atoms with Gasteiger partial charge in [0.2, 0.25) is 0 Å². The van der Waals surface area contributed by atoms with Crippen LogP contribution in [0, 0.1) is 0 Å². The van der Waals surface area contributed by atoms with Crippen molar-refractivity contribution in [2.24, 2.45) is 0 Å². The Labute approximate surface area is 114 Å². The van der Waals surface area contributed by atoms with Crippen molar-refractivity contribution in [3.8, 4) is 0 Å². The Hall–Kier alpha value is 0.420. The van der Waals surface area contributed by atoms with Crippen LogP contribution in [0.1, 0.15) is 0 Å². The fraction of sp³-hybridized carbons (Fsp3) is 0. The molecular weight excluding hydrogens is 182 g/mol. The van der Waals surface area contributed by atoms with Gasteiger partial charge in [-0.2, -0.15) is 0 Å². The van der Waals surface area contributed by atoms with E-state index in [-0.39, 0.29) is 59.1 Å². The van der Waals surface area contributed by atoms with E-state index in [1.165, 1.54) is 0 Å². The van der Waals surface area contributed by atoms with Gasteiger partial charge in [-0.15, -0.1) is 0 Å². The molecule has 4 nitrogen and oxygen atoms in total. The second-order valence-corrected chi connectivity index (χ2v) is 1.36. The minimum absolute atomic E-state index is 0. The van der Waals surface area contributed by atoms with E-state index in [1.54, 1.807) is 0 Å². The van der Waals surface area contributed by atoms with Crippen molar-refractivity contribution < 1.29 is 78.9 Å². The summed E-state index contributed by atoms with van der Waals surface area (Å²) in [5.41, 5.74) is 0. The van der Waals surface area contributed by atoms with Crippen LogP contribution in [-0.4, -0.2) is 11.9 Å². The molecule has 0 aromatic heterocycles. The number of aliphatic carboxylic acids is 2. The van der Waals surface area contributed by atoms with E-state index in [9.17, 15) is 19.8 Å². The van der Waals surface area contributed by atoms with Crippen LogP contribution >= 0.6 is 0 Å². The van der Waals surface area contributed by atoms with Gasteiger partial charge >= 0.3 is 59.1 Å². The summed E-state index contributed by atoms with van der Waals surface area (Å²) in [5, 5.41) is 19.3. The Morgan fingerprint density at radius 3 is 1.25 bits per heavy atom. The number of allylic oxidation sites excluding steroid dienone is 2. The van der Waals surface area contributed by atoms with Crippen LogP contribution in [0.3, 0.4) is 0 Å². The molecule has 0 spiro atoms. The molecular formula is C6H4Na2O4. The van der Waals surface area contributed by atoms with E-state index in [2.05, 4.69) is 0 Å². The van der Waals surface area contributed by atoms with Crippen molar-refractivity contribution >= 4 is 11.9 Å². The number of carbonyl (C=O) groups excluding carboxylic acids is 2. The molecule has 0 atom stereocenters. The Morgan fingerprint density at radius 2 is 1.08 bits per heavy atom. The molecule has 54 valence electrons. The molecule has 0 aromatic rings. The number of carboxylic acid groups (broad SMARTS) is 2. The average Bonchev–Trinajstić information content (AvgIpc) is 1.79. The summed E-state index contributed by atoms with van der Waals surface area (Å²) in [6, 6.07) is 0. The summed E-state index contributed by atoms with van der Waals surface area (Å²) in [6.45, 7) is 0. The van der Waals surface area contributed by atoms with Crippen molar-refractivity contribution in [3.05, 3.63) is 24.3 Å². The first-order valence-corrected chi connectivity index (χ1v) is 2.39. The molecule has 0 unspecified atom stereocenters. The first kappa shape index (κ1) is 18.3. The summed E-state index contributed by atoms with van der Waals surface area (Å²) in [6.07, 6.45) is 3.48. The summed E-state index contributed by atoms with van der Waals surface area (Å²) in [5.74, 6) is -2.74. The summed E-state index contributed by atoms with van der Waals surface area (Å²) < 4.78 is 0. The Bertz CT molecular complexity index is 176. The largest absolute Gasteiger partial charge is 1.00 e. The maximum absolute atomic E-state index is 9.65. The van der Waals surface area contributed by atoms with Gasteiger partial charge in [0.25, 0.3) is 0 Å². The molecule has 0 radical (unpaired) electrons. The number of hydrogen-bond acceptors (Lipinski definition) is 4. The number of hydrogen-bond donors (Lipinski definition) is 0. The zero-order valence-electron chi connectivity index (χ0n) is 6.94. The van der Waals surface area contributed by atoms with Gasteiger partial charge in [-0.3, -0.25) is 0 Å². The third-order valence-electron chi connectivity index (χ3n) is 0.576. The molecule has 0 aliphatic carbocycles. The first-order valence-electron chi connectivity index (χ1n) is 2.39. The summed E-state index contributed by atoms with van der Waals surface area (Å²) in [4.78, 5) is 19.3. The molecule has 0 aliphatic heterocycles. The zero-order valence-corrected chi connectivity index (χ0v) is 10.9. The van der Waals surface area contributed by atoms with E-state index >= 15 is 0 Å². The molecule has 6 heteroatoms. The average molecular weight is 186 g/mol. The van der Waals surface area contributed by atoms with Gasteiger partial charge in [-0.25, -0.2) is 0 Å². The SMILES string of the molecule is O=C([O-])/C=C/C=C/C(=O)[O-].[Na+].[Na+]. The van der Waals surface area contributed by atoms with Gasteiger partial charge in [0.05, 0.1) is 11.9 Å². The molecule has 0 aliphatic rings. The Morgan fingerprint density at radius 1 is 0.833 bits per heavy atom. The van der Waals surface area contributed by atoms with E-state index < -0.39 is 11.9 Å². The molecule has 0 saturated carbocycles. The first-order chi connectivity index (χ1) is 4.63. The maximum atomic E-state index is 9.65. The maximum Gasteiger partial charge on any atom is 1.00 e. The third-order valence-corrected chi connectivity index (χ3v) is 0.576. The molecule has 0 saturated heterocycles. The van der Waals surface area contributed by atoms with E-state index in [1.807, 2.05) is 0 Å². The van der Waals surface area contributed by atoms with Gasteiger partial charge in [-0.1, -0.05) is 12.2 Å². The summed E-state index contributed by atoms with van der Waals surface area (Å²) >= 11 is 0. The normalized spacial score (nSPS) is 9.00. The Kier molecular flexibility index (Phi) is 17.4. The molecule has 0 heterocycles. The molecule has 0 rings (SSSR count). The molecule has 0 amide bonds. The minimum Gasteiger partial charge on any atom is -0.545 e. The minimum atomic E-state index is -1.37. The molecule has 0 fully saturated rings. The smallest absolute Gasteiger partial charge is 0.545 e. The molecule has 12 heavy (non-hydrogen) atoms. The van der Waals surface area contributed by atoms with Crippen LogP contribution in [0.5, 0.6) is 0 Å². The second kappa shape index (κ2) is 11.4. The van der Waals surface area contributed by atoms with Crippen LogP contribution < -0.4 is 69.3 Å². The van der Waals surface area contributed by atoms with E-state index in [0.717, 1.165) is 12.2 Å². The standard InChI is InChI=1S/C6H6O4.2Na/c7-5(8)3-1-2-4-6(9)10;;/h1-4H,(H,7,8)(H,9,10);;/q;2*+1/p-2/b3-1+,4-2+;;. The van der Waals surface area contributed by atoms with Crippen molar-refractivity contribution in [3.63, 3.8) is 0 Å². The van der Waals surface area contributed by atoms with Gasteiger partial charge in [0, 0.05) is 0 Å². The van der Waals surface area contributed by atoms with Crippen molar-refractivity contribution in [2.75, 3.05) is 0 Å². The van der Waals surface area contributed by atoms with Gasteiger partial charge < -0.3 is 19.8 Å². The Balaban J connectivity index is -0.000000405. The van der Waals surface area contributed by atoms with Gasteiger partial charge in [-0.05, 0) is 12.2 Å². The van der Waals surface area contributed by atoms with Crippen LogP contribution in [-0.2, 0) is 9.59 Å². The third kappa shape index (κ3) is 16.8. The van der Waals surface area contributed by atoms with Gasteiger partial charge in [0.1, 0.15) is 0 Å². The molecule has 0 bridgehead atoms. The van der Waals surface area contributed by atoms with Gasteiger partial charge in [0.15, 0.2) is 0 Å².